The molecule has 0 unspecified atom stereocenters. The minimum atomic E-state index is -0.451. The number of hydrogen-bond donors (Lipinski definition) is 0. The first-order chi connectivity index (χ1) is 9.43. The standard InChI is InChI=1S/C15H11Cl2FO2/c1-8(19)10-4-3-9(18)5-11(10)12-6-14(17)15(20-2)7-13(12)16/h3-7H,1-2H3. The largest absolute Gasteiger partial charge is 0.495 e. The van der Waals surface area contributed by atoms with Crippen LogP contribution in [0.25, 0.3) is 11.1 Å². The number of rotatable bonds is 3. The zero-order valence-corrected chi connectivity index (χ0v) is 12.3. The minimum Gasteiger partial charge on any atom is -0.495 e. The summed E-state index contributed by atoms with van der Waals surface area (Å²) in [5, 5.41) is 0.671. The summed E-state index contributed by atoms with van der Waals surface area (Å²) in [6.07, 6.45) is 0. The van der Waals surface area contributed by atoms with Gasteiger partial charge in [0.1, 0.15) is 11.6 Å². The molecule has 2 nitrogen and oxygen atoms in total. The number of carbonyl (C=O) groups is 1. The summed E-state index contributed by atoms with van der Waals surface area (Å²) in [6.45, 7) is 1.41. The average Bonchev–Trinajstić information content (AvgIpc) is 2.40. The van der Waals surface area contributed by atoms with Gasteiger partial charge >= 0.3 is 0 Å². The Balaban J connectivity index is 2.71. The van der Waals surface area contributed by atoms with Gasteiger partial charge in [0.25, 0.3) is 0 Å². The van der Waals surface area contributed by atoms with E-state index in [2.05, 4.69) is 0 Å². The van der Waals surface area contributed by atoms with Crippen LogP contribution in [0.4, 0.5) is 4.39 Å². The molecule has 0 saturated carbocycles. The fourth-order valence-electron chi connectivity index (χ4n) is 1.94. The fourth-order valence-corrected chi connectivity index (χ4v) is 2.43. The fraction of sp³-hybridized carbons (Fsp3) is 0.133. The third-order valence-corrected chi connectivity index (χ3v) is 3.50. The molecular weight excluding hydrogens is 302 g/mol. The molecule has 0 radical (unpaired) electrons. The van der Waals surface area contributed by atoms with Crippen molar-refractivity contribution < 1.29 is 13.9 Å². The molecule has 0 aromatic heterocycles. The molecule has 20 heavy (non-hydrogen) atoms. The van der Waals surface area contributed by atoms with Gasteiger partial charge in [0.2, 0.25) is 0 Å². The van der Waals surface area contributed by atoms with Crippen molar-refractivity contribution in [3.63, 3.8) is 0 Å². The molecule has 0 heterocycles. The molecule has 0 saturated heterocycles. The summed E-state index contributed by atoms with van der Waals surface area (Å²) in [4.78, 5) is 11.6. The van der Waals surface area contributed by atoms with E-state index in [9.17, 15) is 9.18 Å². The smallest absolute Gasteiger partial charge is 0.160 e. The summed E-state index contributed by atoms with van der Waals surface area (Å²) in [7, 11) is 1.47. The third kappa shape index (κ3) is 2.79. The second-order valence-corrected chi connectivity index (χ2v) is 5.03. The highest BCUT2D eigenvalue weighted by molar-refractivity contribution is 6.36. The number of Topliss-reactive ketones (excluding diaryl/α,β-unsaturated/α-hetero) is 1. The molecule has 0 aliphatic heterocycles. The highest BCUT2D eigenvalue weighted by atomic mass is 35.5. The van der Waals surface area contributed by atoms with Crippen LogP contribution >= 0.6 is 23.2 Å². The van der Waals surface area contributed by atoms with E-state index in [0.29, 0.717) is 32.5 Å². The first-order valence-corrected chi connectivity index (χ1v) is 6.53. The molecule has 0 bridgehead atoms. The maximum Gasteiger partial charge on any atom is 0.160 e. The SMILES string of the molecule is COc1cc(Cl)c(-c2cc(F)ccc2C(C)=O)cc1Cl. The van der Waals surface area contributed by atoms with Gasteiger partial charge in [-0.05, 0) is 36.8 Å². The second kappa shape index (κ2) is 5.81. The van der Waals surface area contributed by atoms with E-state index in [1.165, 1.54) is 38.3 Å². The van der Waals surface area contributed by atoms with Gasteiger partial charge in [-0.2, -0.15) is 0 Å². The summed E-state index contributed by atoms with van der Waals surface area (Å²) in [5.41, 5.74) is 1.28. The second-order valence-electron chi connectivity index (χ2n) is 4.21. The Morgan fingerprint density at radius 1 is 1.10 bits per heavy atom. The van der Waals surface area contributed by atoms with Crippen LogP contribution in [0.1, 0.15) is 17.3 Å². The molecule has 2 rings (SSSR count). The van der Waals surface area contributed by atoms with E-state index in [1.807, 2.05) is 0 Å². The number of benzene rings is 2. The highest BCUT2D eigenvalue weighted by Crippen LogP contribution is 2.38. The molecule has 0 aliphatic rings. The van der Waals surface area contributed by atoms with Gasteiger partial charge in [0.05, 0.1) is 17.2 Å². The monoisotopic (exact) mass is 312 g/mol. The van der Waals surface area contributed by atoms with E-state index in [4.69, 9.17) is 27.9 Å². The van der Waals surface area contributed by atoms with E-state index in [-0.39, 0.29) is 5.78 Å². The molecule has 2 aromatic carbocycles. The van der Waals surface area contributed by atoms with Crippen molar-refractivity contribution in [2.24, 2.45) is 0 Å². The molecule has 0 N–H and O–H groups in total. The molecular formula is C15H11Cl2FO2. The van der Waals surface area contributed by atoms with Crippen molar-refractivity contribution in [2.45, 2.75) is 6.92 Å². The van der Waals surface area contributed by atoms with Crippen LogP contribution in [0.5, 0.6) is 5.75 Å². The van der Waals surface area contributed by atoms with Crippen LogP contribution in [0, 0.1) is 5.82 Å². The zero-order valence-electron chi connectivity index (χ0n) is 10.8. The predicted molar refractivity (Wildman–Crippen MR) is 78.4 cm³/mol. The van der Waals surface area contributed by atoms with Gasteiger partial charge in [-0.1, -0.05) is 23.2 Å². The van der Waals surface area contributed by atoms with Gasteiger partial charge in [-0.3, -0.25) is 4.79 Å². The Kier molecular flexibility index (Phi) is 4.31. The van der Waals surface area contributed by atoms with E-state index >= 15 is 0 Å². The van der Waals surface area contributed by atoms with Crippen molar-refractivity contribution in [3.05, 3.63) is 51.8 Å². The Labute approximate surface area is 126 Å². The van der Waals surface area contributed by atoms with E-state index < -0.39 is 5.82 Å². The predicted octanol–water partition coefficient (Wildman–Crippen LogP) is 5.01. The summed E-state index contributed by atoms with van der Waals surface area (Å²) < 4.78 is 18.5. The molecule has 104 valence electrons. The first-order valence-electron chi connectivity index (χ1n) is 5.78. The average molecular weight is 313 g/mol. The molecule has 0 spiro atoms. The van der Waals surface area contributed by atoms with Gasteiger partial charge in [0.15, 0.2) is 5.78 Å². The van der Waals surface area contributed by atoms with Crippen LogP contribution in [0.3, 0.4) is 0 Å². The number of halogens is 3. The van der Waals surface area contributed by atoms with E-state index in [1.54, 1.807) is 6.07 Å². The molecule has 0 atom stereocenters. The maximum atomic E-state index is 13.5. The highest BCUT2D eigenvalue weighted by Gasteiger charge is 2.15. The van der Waals surface area contributed by atoms with Crippen molar-refractivity contribution in [2.75, 3.05) is 7.11 Å². The lowest BCUT2D eigenvalue weighted by Crippen LogP contribution is -1.98. The number of ketones is 1. The van der Waals surface area contributed by atoms with Crippen LogP contribution in [-0.2, 0) is 0 Å². The lowest BCUT2D eigenvalue weighted by atomic mass is 9.97. The minimum absolute atomic E-state index is 0.178. The van der Waals surface area contributed by atoms with Gasteiger partial charge in [-0.25, -0.2) is 4.39 Å². The number of carbonyl (C=O) groups excluding carboxylic acids is 1. The van der Waals surface area contributed by atoms with Crippen LogP contribution < -0.4 is 4.74 Å². The topological polar surface area (TPSA) is 26.3 Å². The molecule has 5 heteroatoms. The number of methoxy groups -OCH3 is 1. The van der Waals surface area contributed by atoms with Gasteiger partial charge in [0, 0.05) is 17.2 Å². The van der Waals surface area contributed by atoms with Crippen LogP contribution in [0.2, 0.25) is 10.0 Å². The summed E-state index contributed by atoms with van der Waals surface area (Å²) >= 11 is 12.2. The first kappa shape index (κ1) is 14.8. The van der Waals surface area contributed by atoms with Crippen LogP contribution in [-0.4, -0.2) is 12.9 Å². The van der Waals surface area contributed by atoms with Crippen molar-refractivity contribution in [3.8, 4) is 16.9 Å². The molecule has 0 amide bonds. The van der Waals surface area contributed by atoms with Gasteiger partial charge < -0.3 is 4.74 Å². The van der Waals surface area contributed by atoms with Crippen molar-refractivity contribution in [1.29, 1.82) is 0 Å². The Morgan fingerprint density at radius 2 is 1.80 bits per heavy atom. The third-order valence-electron chi connectivity index (χ3n) is 2.89. The molecule has 0 aliphatic carbocycles. The zero-order chi connectivity index (χ0) is 14.9. The van der Waals surface area contributed by atoms with Gasteiger partial charge in [-0.15, -0.1) is 0 Å². The molecule has 0 fully saturated rings. The number of ether oxygens (including phenoxy) is 1. The lowest BCUT2D eigenvalue weighted by molar-refractivity contribution is 0.101. The Hall–Kier alpha value is -1.58. The summed E-state index contributed by atoms with van der Waals surface area (Å²) in [6, 6.07) is 7.03. The summed E-state index contributed by atoms with van der Waals surface area (Å²) in [5.74, 6) is -0.211. The normalized spacial score (nSPS) is 10.4. The molecule has 2 aromatic rings. The quantitative estimate of drug-likeness (QED) is 0.745. The van der Waals surface area contributed by atoms with Crippen molar-refractivity contribution in [1.82, 2.24) is 0 Å². The Morgan fingerprint density at radius 3 is 2.40 bits per heavy atom. The van der Waals surface area contributed by atoms with E-state index in [0.717, 1.165) is 0 Å². The lowest BCUT2D eigenvalue weighted by Gasteiger charge is -2.12. The van der Waals surface area contributed by atoms with Crippen LogP contribution in [0.15, 0.2) is 30.3 Å². The maximum absolute atomic E-state index is 13.5. The van der Waals surface area contributed by atoms with Crippen molar-refractivity contribution >= 4 is 29.0 Å². The number of hydrogen-bond acceptors (Lipinski definition) is 2. The Bertz CT molecular complexity index is 684.